The third kappa shape index (κ3) is 3.44. The Morgan fingerprint density at radius 3 is 2.92 bits per heavy atom. The number of nitrogens with one attached hydrogen (secondary N) is 1. The van der Waals surface area contributed by atoms with E-state index in [9.17, 15) is 8.42 Å². The highest BCUT2D eigenvalue weighted by Gasteiger charge is 2.28. The fraction of sp³-hybridized carbons (Fsp3) is 0.375. The van der Waals surface area contributed by atoms with E-state index in [1.54, 1.807) is 23.3 Å². The van der Waals surface area contributed by atoms with Crippen molar-refractivity contribution in [2.45, 2.75) is 24.6 Å². The number of aromatic amines is 1. The van der Waals surface area contributed by atoms with Crippen LogP contribution in [0.1, 0.15) is 12.8 Å². The molecule has 9 nitrogen and oxygen atoms in total. The largest absolute Gasteiger partial charge is 0.346 e. The summed E-state index contributed by atoms with van der Waals surface area (Å²) >= 11 is 0. The highest BCUT2D eigenvalue weighted by atomic mass is 32.2. The van der Waals surface area contributed by atoms with Crippen molar-refractivity contribution >= 4 is 21.1 Å². The molecule has 1 unspecified atom stereocenters. The number of fused-ring (bicyclic) bond motifs is 1. The van der Waals surface area contributed by atoms with Crippen LogP contribution in [0.5, 0.6) is 0 Å². The number of H-pyrrole nitrogens is 1. The van der Waals surface area contributed by atoms with Crippen molar-refractivity contribution in [2.75, 3.05) is 14.1 Å². The summed E-state index contributed by atoms with van der Waals surface area (Å²) in [6, 6.07) is 3.89. The molecule has 0 bridgehead atoms. The standard InChI is InChI=1S/C16H19N7O2S/c1-22(2)26(24,25)13(4-3-6-17)10-23-9-12(8-21-23)15-14-5-7-18-16(14)20-11-19-15/h5,7-9,11,13H,3-4,10H2,1-2H3,(H,18,19,20). The predicted octanol–water partition coefficient (Wildman–Crippen LogP) is 1.39. The zero-order valence-corrected chi connectivity index (χ0v) is 15.3. The number of hydrogen-bond acceptors (Lipinski definition) is 6. The van der Waals surface area contributed by atoms with Gasteiger partial charge in [0, 0.05) is 43.9 Å². The minimum atomic E-state index is -3.50. The first kappa shape index (κ1) is 18.0. The Morgan fingerprint density at radius 1 is 1.38 bits per heavy atom. The lowest BCUT2D eigenvalue weighted by molar-refractivity contribution is 0.473. The summed E-state index contributed by atoms with van der Waals surface area (Å²) in [7, 11) is -0.514. The maximum absolute atomic E-state index is 12.5. The van der Waals surface area contributed by atoms with E-state index in [1.165, 1.54) is 24.7 Å². The Morgan fingerprint density at radius 2 is 2.19 bits per heavy atom. The molecular weight excluding hydrogens is 354 g/mol. The van der Waals surface area contributed by atoms with E-state index in [4.69, 9.17) is 5.26 Å². The predicted molar refractivity (Wildman–Crippen MR) is 96.4 cm³/mol. The van der Waals surface area contributed by atoms with Gasteiger partial charge in [-0.1, -0.05) is 0 Å². The van der Waals surface area contributed by atoms with E-state index in [2.05, 4.69) is 20.1 Å². The van der Waals surface area contributed by atoms with E-state index < -0.39 is 15.3 Å². The van der Waals surface area contributed by atoms with Gasteiger partial charge in [-0.25, -0.2) is 22.7 Å². The molecule has 26 heavy (non-hydrogen) atoms. The third-order valence-corrected chi connectivity index (χ3v) is 6.40. The molecule has 3 heterocycles. The van der Waals surface area contributed by atoms with Crippen LogP contribution in [-0.4, -0.2) is 56.8 Å². The fourth-order valence-corrected chi connectivity index (χ4v) is 4.11. The van der Waals surface area contributed by atoms with Crippen molar-refractivity contribution in [3.63, 3.8) is 0 Å². The van der Waals surface area contributed by atoms with Crippen LogP contribution in [0.4, 0.5) is 0 Å². The third-order valence-electron chi connectivity index (χ3n) is 4.16. The number of nitrogens with zero attached hydrogens (tertiary/aromatic N) is 6. The molecule has 0 aliphatic heterocycles. The topological polar surface area (TPSA) is 121 Å². The molecule has 0 aromatic carbocycles. The van der Waals surface area contributed by atoms with Crippen LogP contribution in [0.25, 0.3) is 22.3 Å². The first-order chi connectivity index (χ1) is 12.4. The Balaban J connectivity index is 1.89. The summed E-state index contributed by atoms with van der Waals surface area (Å²) in [6.45, 7) is 0.170. The van der Waals surface area contributed by atoms with Crippen molar-refractivity contribution in [1.82, 2.24) is 29.0 Å². The quantitative estimate of drug-likeness (QED) is 0.668. The van der Waals surface area contributed by atoms with Gasteiger partial charge >= 0.3 is 0 Å². The lowest BCUT2D eigenvalue weighted by Gasteiger charge is -2.20. The van der Waals surface area contributed by atoms with Crippen molar-refractivity contribution in [3.8, 4) is 17.3 Å². The molecule has 0 radical (unpaired) electrons. The van der Waals surface area contributed by atoms with Gasteiger partial charge in [0.2, 0.25) is 10.0 Å². The second kappa shape index (κ2) is 7.23. The Labute approximate surface area is 151 Å². The molecule has 3 aromatic rings. The number of hydrogen-bond donors (Lipinski definition) is 1. The molecule has 3 aromatic heterocycles. The minimum Gasteiger partial charge on any atom is -0.346 e. The molecule has 1 N–H and O–H groups in total. The maximum Gasteiger partial charge on any atom is 0.218 e. The molecule has 0 aliphatic rings. The molecule has 136 valence electrons. The van der Waals surface area contributed by atoms with E-state index in [-0.39, 0.29) is 19.4 Å². The van der Waals surface area contributed by atoms with Crippen molar-refractivity contribution < 1.29 is 8.42 Å². The van der Waals surface area contributed by atoms with Crippen LogP contribution < -0.4 is 0 Å². The summed E-state index contributed by atoms with van der Waals surface area (Å²) in [5.41, 5.74) is 2.23. The molecule has 0 saturated carbocycles. The first-order valence-electron chi connectivity index (χ1n) is 8.02. The van der Waals surface area contributed by atoms with Gasteiger partial charge in [-0.05, 0) is 12.5 Å². The molecule has 0 amide bonds. The monoisotopic (exact) mass is 373 g/mol. The summed E-state index contributed by atoms with van der Waals surface area (Å²) in [5.74, 6) is 0. The van der Waals surface area contributed by atoms with Crippen LogP contribution in [0.3, 0.4) is 0 Å². The van der Waals surface area contributed by atoms with Gasteiger partial charge in [-0.15, -0.1) is 0 Å². The van der Waals surface area contributed by atoms with Crippen LogP contribution in [-0.2, 0) is 16.6 Å². The van der Waals surface area contributed by atoms with E-state index in [1.807, 2.05) is 12.1 Å². The second-order valence-corrected chi connectivity index (χ2v) is 8.49. The molecule has 3 rings (SSSR count). The van der Waals surface area contributed by atoms with Gasteiger partial charge in [0.15, 0.2) is 0 Å². The number of rotatable bonds is 7. The van der Waals surface area contributed by atoms with Gasteiger partial charge in [0.05, 0.1) is 29.8 Å². The van der Waals surface area contributed by atoms with Crippen molar-refractivity contribution in [1.29, 1.82) is 5.26 Å². The number of nitriles is 1. The number of aromatic nitrogens is 5. The molecule has 0 saturated heterocycles. The average Bonchev–Trinajstić information content (AvgIpc) is 3.27. The lowest BCUT2D eigenvalue weighted by Crippen LogP contribution is -2.36. The first-order valence-corrected chi connectivity index (χ1v) is 9.53. The van der Waals surface area contributed by atoms with E-state index in [0.29, 0.717) is 0 Å². The van der Waals surface area contributed by atoms with E-state index >= 15 is 0 Å². The Hall–Kier alpha value is -2.77. The zero-order valence-electron chi connectivity index (χ0n) is 14.5. The highest BCUT2D eigenvalue weighted by Crippen LogP contribution is 2.24. The highest BCUT2D eigenvalue weighted by molar-refractivity contribution is 7.89. The Bertz CT molecular complexity index is 1050. The summed E-state index contributed by atoms with van der Waals surface area (Å²) in [4.78, 5) is 11.5. The maximum atomic E-state index is 12.5. The molecule has 0 spiro atoms. The molecule has 0 aliphatic carbocycles. The average molecular weight is 373 g/mol. The summed E-state index contributed by atoms with van der Waals surface area (Å²) < 4.78 is 27.8. The van der Waals surface area contributed by atoms with E-state index in [0.717, 1.165) is 22.3 Å². The van der Waals surface area contributed by atoms with Crippen LogP contribution in [0, 0.1) is 11.3 Å². The molecule has 1 atom stereocenters. The summed E-state index contributed by atoms with van der Waals surface area (Å²) in [6.07, 6.45) is 7.09. The molecule has 10 heteroatoms. The van der Waals surface area contributed by atoms with Gasteiger partial charge < -0.3 is 4.98 Å². The normalized spacial score (nSPS) is 13.2. The van der Waals surface area contributed by atoms with Crippen LogP contribution in [0.15, 0.2) is 31.0 Å². The zero-order chi connectivity index (χ0) is 18.7. The summed E-state index contributed by atoms with van der Waals surface area (Å²) in [5, 5.41) is 13.3. The smallest absolute Gasteiger partial charge is 0.218 e. The van der Waals surface area contributed by atoms with Gasteiger partial charge in [-0.3, -0.25) is 4.68 Å². The lowest BCUT2D eigenvalue weighted by atomic mass is 10.2. The SMILES string of the molecule is CN(C)S(=O)(=O)C(CCC#N)Cn1cc(-c2ncnc3[nH]ccc23)cn1. The van der Waals surface area contributed by atoms with Crippen LogP contribution >= 0.6 is 0 Å². The van der Waals surface area contributed by atoms with Crippen LogP contribution in [0.2, 0.25) is 0 Å². The van der Waals surface area contributed by atoms with Crippen molar-refractivity contribution in [2.24, 2.45) is 0 Å². The van der Waals surface area contributed by atoms with Gasteiger partial charge in [0.1, 0.15) is 12.0 Å². The molecular formula is C16H19N7O2S. The second-order valence-electron chi connectivity index (χ2n) is 6.06. The Kier molecular flexibility index (Phi) is 5.01. The molecule has 0 fully saturated rings. The minimum absolute atomic E-state index is 0.168. The number of sulfonamides is 1. The van der Waals surface area contributed by atoms with Crippen molar-refractivity contribution in [3.05, 3.63) is 31.0 Å². The van der Waals surface area contributed by atoms with Gasteiger partial charge in [-0.2, -0.15) is 10.4 Å². The fourth-order valence-electron chi connectivity index (χ4n) is 2.75. The van der Waals surface area contributed by atoms with Gasteiger partial charge in [0.25, 0.3) is 0 Å².